The molecule has 0 radical (unpaired) electrons. The third kappa shape index (κ3) is 2.96. The monoisotopic (exact) mass is 384 g/mol. The van der Waals surface area contributed by atoms with Crippen LogP contribution in [0, 0.1) is 6.92 Å². The van der Waals surface area contributed by atoms with E-state index in [4.69, 9.17) is 5.11 Å². The van der Waals surface area contributed by atoms with Crippen molar-refractivity contribution in [3.8, 4) is 5.69 Å². The molecule has 0 spiro atoms. The van der Waals surface area contributed by atoms with Crippen LogP contribution in [0.3, 0.4) is 0 Å². The molecule has 1 atom stereocenters. The number of halogens is 6. The molecule has 142 valence electrons. The fourth-order valence-corrected chi connectivity index (χ4v) is 2.32. The summed E-state index contributed by atoms with van der Waals surface area (Å²) in [6, 6.07) is 2.78. The average Bonchev–Trinajstić information content (AvgIpc) is 2.79. The number of aliphatic hydroxyl groups is 1. The Morgan fingerprint density at radius 3 is 1.96 bits per heavy atom. The van der Waals surface area contributed by atoms with Crippen LogP contribution in [-0.4, -0.2) is 32.1 Å². The Morgan fingerprint density at radius 2 is 1.58 bits per heavy atom. The van der Waals surface area contributed by atoms with Crippen LogP contribution in [0.1, 0.15) is 16.8 Å². The fraction of sp³-hybridized carbons (Fsp3) is 0.286. The van der Waals surface area contributed by atoms with E-state index in [9.17, 15) is 41.0 Å². The highest BCUT2D eigenvalue weighted by Crippen LogP contribution is 2.39. The van der Waals surface area contributed by atoms with E-state index in [2.05, 4.69) is 5.10 Å². The lowest BCUT2D eigenvalue weighted by Gasteiger charge is -2.24. The van der Waals surface area contributed by atoms with E-state index in [1.54, 1.807) is 0 Å². The molecule has 0 aliphatic heterocycles. The highest BCUT2D eigenvalue weighted by atomic mass is 19.4. The summed E-state index contributed by atoms with van der Waals surface area (Å²) < 4.78 is 77.3. The largest absolute Gasteiger partial charge is 0.479 e. The molecule has 0 bridgehead atoms. The van der Waals surface area contributed by atoms with Crippen LogP contribution in [0.15, 0.2) is 29.1 Å². The Hall–Kier alpha value is -2.76. The van der Waals surface area contributed by atoms with E-state index in [0.29, 0.717) is 16.8 Å². The van der Waals surface area contributed by atoms with Gasteiger partial charge >= 0.3 is 18.3 Å². The molecule has 1 aromatic heterocycles. The molecule has 12 heteroatoms. The van der Waals surface area contributed by atoms with E-state index in [0.717, 1.165) is 19.1 Å². The van der Waals surface area contributed by atoms with Gasteiger partial charge in [-0.1, -0.05) is 0 Å². The number of alkyl halides is 6. The molecule has 3 N–H and O–H groups in total. The van der Waals surface area contributed by atoms with Gasteiger partial charge in [0.1, 0.15) is 0 Å². The number of aromatic nitrogens is 2. The van der Waals surface area contributed by atoms with E-state index < -0.39 is 46.3 Å². The Morgan fingerprint density at radius 1 is 1.08 bits per heavy atom. The van der Waals surface area contributed by atoms with Gasteiger partial charge in [-0.3, -0.25) is 9.89 Å². The average molecular weight is 384 g/mol. The second-order valence-corrected chi connectivity index (χ2v) is 5.31. The minimum atomic E-state index is -5.72. The maximum atomic E-state index is 13.1. The van der Waals surface area contributed by atoms with Gasteiger partial charge in [-0.25, -0.2) is 9.48 Å². The summed E-state index contributed by atoms with van der Waals surface area (Å²) in [5.74, 6) is -2.72. The molecule has 0 amide bonds. The van der Waals surface area contributed by atoms with Crippen molar-refractivity contribution in [2.45, 2.75) is 24.9 Å². The van der Waals surface area contributed by atoms with Gasteiger partial charge in [0.05, 0.1) is 16.8 Å². The van der Waals surface area contributed by atoms with Gasteiger partial charge in [0.2, 0.25) is 0 Å². The van der Waals surface area contributed by atoms with Crippen molar-refractivity contribution in [1.29, 1.82) is 0 Å². The lowest BCUT2D eigenvalue weighted by atomic mass is 9.93. The molecule has 2 aromatic rings. The first-order valence-corrected chi connectivity index (χ1v) is 6.73. The van der Waals surface area contributed by atoms with Crippen molar-refractivity contribution in [2.75, 3.05) is 0 Å². The van der Waals surface area contributed by atoms with Gasteiger partial charge in [0.15, 0.2) is 0 Å². The first kappa shape index (κ1) is 19.6. The lowest BCUT2D eigenvalue weighted by molar-refractivity contribution is -0.265. The van der Waals surface area contributed by atoms with Crippen LogP contribution >= 0.6 is 0 Å². The van der Waals surface area contributed by atoms with E-state index >= 15 is 0 Å². The van der Waals surface area contributed by atoms with Crippen molar-refractivity contribution in [1.82, 2.24) is 9.78 Å². The van der Waals surface area contributed by atoms with Crippen molar-refractivity contribution >= 4 is 5.97 Å². The zero-order valence-corrected chi connectivity index (χ0v) is 12.7. The predicted molar refractivity (Wildman–Crippen MR) is 73.7 cm³/mol. The molecular weight excluding hydrogens is 374 g/mol. The summed E-state index contributed by atoms with van der Waals surface area (Å²) in [7, 11) is 0. The maximum absolute atomic E-state index is 13.1. The minimum Gasteiger partial charge on any atom is -0.479 e. The molecule has 26 heavy (non-hydrogen) atoms. The standard InChI is InChI=1S/C14H10F6N2O4/c1-6-9(12(26,11(24)25)14(18,19)20)10(23)22(21-6)8-4-2-7(3-5-8)13(15,16)17/h2-5,21,26H,1H3,(H,24,25). The number of hydrogen-bond donors (Lipinski definition) is 3. The zero-order valence-electron chi connectivity index (χ0n) is 12.7. The zero-order chi connectivity index (χ0) is 20.1. The van der Waals surface area contributed by atoms with Crippen molar-refractivity contribution in [3.63, 3.8) is 0 Å². The van der Waals surface area contributed by atoms with Crippen LogP contribution < -0.4 is 5.56 Å². The van der Waals surface area contributed by atoms with Crippen molar-refractivity contribution < 1.29 is 41.4 Å². The molecular formula is C14H10F6N2O4. The smallest absolute Gasteiger partial charge is 0.432 e. The summed E-state index contributed by atoms with van der Waals surface area (Å²) in [4.78, 5) is 23.3. The van der Waals surface area contributed by atoms with Gasteiger partial charge in [-0.15, -0.1) is 0 Å². The number of rotatable bonds is 3. The van der Waals surface area contributed by atoms with Crippen molar-refractivity contribution in [3.05, 3.63) is 51.4 Å². The molecule has 1 aromatic carbocycles. The first-order chi connectivity index (χ1) is 11.7. The Balaban J connectivity index is 2.66. The number of aryl methyl sites for hydroxylation is 1. The molecule has 2 rings (SSSR count). The second-order valence-electron chi connectivity index (χ2n) is 5.31. The quantitative estimate of drug-likeness (QED) is 0.708. The van der Waals surface area contributed by atoms with Gasteiger partial charge in [-0.2, -0.15) is 26.3 Å². The van der Waals surface area contributed by atoms with E-state index in [-0.39, 0.29) is 5.69 Å². The van der Waals surface area contributed by atoms with Crippen LogP contribution in [-0.2, 0) is 16.6 Å². The van der Waals surface area contributed by atoms with Crippen LogP contribution in [0.25, 0.3) is 5.69 Å². The van der Waals surface area contributed by atoms with Gasteiger partial charge in [0.25, 0.3) is 11.2 Å². The van der Waals surface area contributed by atoms with E-state index in [1.807, 2.05) is 0 Å². The van der Waals surface area contributed by atoms with Crippen LogP contribution in [0.2, 0.25) is 0 Å². The Bertz CT molecular complexity index is 894. The van der Waals surface area contributed by atoms with Crippen molar-refractivity contribution in [2.24, 2.45) is 0 Å². The number of H-pyrrole nitrogens is 1. The molecule has 0 fully saturated rings. The molecule has 0 aliphatic rings. The molecule has 0 aliphatic carbocycles. The van der Waals surface area contributed by atoms with Crippen LogP contribution in [0.5, 0.6) is 0 Å². The predicted octanol–water partition coefficient (Wildman–Crippen LogP) is 2.33. The minimum absolute atomic E-state index is 0.285. The third-order valence-corrected chi connectivity index (χ3v) is 3.61. The summed E-state index contributed by atoms with van der Waals surface area (Å²) in [6.45, 7) is 0.914. The number of aromatic amines is 1. The summed E-state index contributed by atoms with van der Waals surface area (Å²) in [6.07, 6.45) is -10.4. The molecule has 0 saturated carbocycles. The van der Waals surface area contributed by atoms with Gasteiger partial charge in [0, 0.05) is 5.69 Å². The Labute approximate surface area is 140 Å². The highest BCUT2D eigenvalue weighted by molar-refractivity contribution is 5.80. The molecule has 1 unspecified atom stereocenters. The topological polar surface area (TPSA) is 95.3 Å². The molecule has 1 heterocycles. The third-order valence-electron chi connectivity index (χ3n) is 3.61. The number of carboxylic acid groups (broad SMARTS) is 1. The first-order valence-electron chi connectivity index (χ1n) is 6.73. The maximum Gasteiger partial charge on any atom is 0.432 e. The van der Waals surface area contributed by atoms with E-state index in [1.165, 1.54) is 0 Å². The fourth-order valence-electron chi connectivity index (χ4n) is 2.32. The number of nitrogens with zero attached hydrogens (tertiary/aromatic N) is 1. The summed E-state index contributed by atoms with van der Waals surface area (Å²) in [5, 5.41) is 20.6. The number of benzene rings is 1. The Kier molecular flexibility index (Phi) is 4.44. The number of aliphatic carboxylic acids is 1. The molecule has 0 saturated heterocycles. The summed E-state index contributed by atoms with van der Waals surface area (Å²) in [5.41, 5.74) is -9.50. The molecule has 6 nitrogen and oxygen atoms in total. The van der Waals surface area contributed by atoms with Gasteiger partial charge in [-0.05, 0) is 31.2 Å². The summed E-state index contributed by atoms with van der Waals surface area (Å²) >= 11 is 0. The second kappa shape index (κ2) is 5.90. The van der Waals surface area contributed by atoms with Gasteiger partial charge < -0.3 is 10.2 Å². The lowest BCUT2D eigenvalue weighted by Crippen LogP contribution is -2.52. The van der Waals surface area contributed by atoms with Crippen LogP contribution in [0.4, 0.5) is 26.3 Å². The number of nitrogens with one attached hydrogen (secondary N) is 1. The number of hydrogen-bond acceptors (Lipinski definition) is 3. The normalized spacial score (nSPS) is 14.9. The highest BCUT2D eigenvalue weighted by Gasteiger charge is 2.64. The number of carboxylic acids is 1. The SMILES string of the molecule is Cc1[nH]n(-c2ccc(C(F)(F)F)cc2)c(=O)c1C(O)(C(=O)O)C(F)(F)F. The number of carbonyl (C=O) groups is 1.